The van der Waals surface area contributed by atoms with Crippen LogP contribution in [0.1, 0.15) is 51.5 Å². The largest absolute Gasteiger partial charge is 0.361 e. The van der Waals surface area contributed by atoms with Gasteiger partial charge in [-0.1, -0.05) is 25.9 Å². The summed E-state index contributed by atoms with van der Waals surface area (Å²) in [6.45, 7) is 11.9. The average molecular weight is 265 g/mol. The lowest BCUT2D eigenvalue weighted by atomic mass is 9.88. The molecule has 108 valence electrons. The predicted octanol–water partition coefficient (Wildman–Crippen LogP) is 2.73. The Bertz CT molecular complexity index is 398. The molecule has 0 aromatic carbocycles. The SMILES string of the molecule is CCC1CNC(CC)(CC)CN1Cc1cc(C)on1. The summed E-state index contributed by atoms with van der Waals surface area (Å²) in [6.07, 6.45) is 3.52. The molecule has 0 amide bonds. The van der Waals surface area contributed by atoms with Crippen molar-refractivity contribution in [2.75, 3.05) is 13.1 Å². The molecule has 1 aliphatic rings. The van der Waals surface area contributed by atoms with Gasteiger partial charge in [-0.15, -0.1) is 0 Å². The first-order chi connectivity index (χ1) is 9.12. The molecule has 1 N–H and O–H groups in total. The zero-order valence-corrected chi connectivity index (χ0v) is 12.7. The van der Waals surface area contributed by atoms with Crippen LogP contribution in [0.5, 0.6) is 0 Å². The van der Waals surface area contributed by atoms with Crippen LogP contribution < -0.4 is 5.32 Å². The van der Waals surface area contributed by atoms with Crippen LogP contribution in [0.25, 0.3) is 0 Å². The Morgan fingerprint density at radius 1 is 1.42 bits per heavy atom. The fourth-order valence-corrected chi connectivity index (χ4v) is 3.05. The van der Waals surface area contributed by atoms with Gasteiger partial charge in [-0.25, -0.2) is 0 Å². The van der Waals surface area contributed by atoms with Crippen molar-refractivity contribution in [3.05, 3.63) is 17.5 Å². The number of hydrogen-bond donors (Lipinski definition) is 1. The average Bonchev–Trinajstić information content (AvgIpc) is 2.84. The van der Waals surface area contributed by atoms with E-state index in [0.29, 0.717) is 6.04 Å². The van der Waals surface area contributed by atoms with Crippen molar-refractivity contribution in [3.63, 3.8) is 0 Å². The summed E-state index contributed by atoms with van der Waals surface area (Å²) in [7, 11) is 0. The molecule has 1 aliphatic heterocycles. The molecule has 1 fully saturated rings. The van der Waals surface area contributed by atoms with Crippen molar-refractivity contribution in [2.45, 2.75) is 65.1 Å². The summed E-state index contributed by atoms with van der Waals surface area (Å²) in [5.41, 5.74) is 1.32. The van der Waals surface area contributed by atoms with E-state index in [1.54, 1.807) is 0 Å². The van der Waals surface area contributed by atoms with Crippen molar-refractivity contribution in [2.24, 2.45) is 0 Å². The molecular weight excluding hydrogens is 238 g/mol. The van der Waals surface area contributed by atoms with Crippen molar-refractivity contribution in [1.82, 2.24) is 15.4 Å². The minimum atomic E-state index is 0.268. The third-order valence-corrected chi connectivity index (χ3v) is 4.60. The van der Waals surface area contributed by atoms with E-state index >= 15 is 0 Å². The van der Waals surface area contributed by atoms with Gasteiger partial charge in [-0.3, -0.25) is 4.90 Å². The molecule has 0 spiro atoms. The van der Waals surface area contributed by atoms with Crippen LogP contribution in [0.4, 0.5) is 0 Å². The van der Waals surface area contributed by atoms with E-state index in [1.807, 2.05) is 13.0 Å². The van der Waals surface area contributed by atoms with E-state index in [4.69, 9.17) is 4.52 Å². The summed E-state index contributed by atoms with van der Waals surface area (Å²) >= 11 is 0. The van der Waals surface area contributed by atoms with Crippen LogP contribution in [0.3, 0.4) is 0 Å². The molecule has 1 aromatic rings. The Morgan fingerprint density at radius 3 is 2.68 bits per heavy atom. The maximum Gasteiger partial charge on any atom is 0.133 e. The second kappa shape index (κ2) is 6.06. The number of aromatic nitrogens is 1. The Kier molecular flexibility index (Phi) is 4.63. The molecule has 2 heterocycles. The second-order valence-electron chi connectivity index (χ2n) is 5.76. The lowest BCUT2D eigenvalue weighted by Gasteiger charge is -2.47. The van der Waals surface area contributed by atoms with Gasteiger partial charge in [0.25, 0.3) is 0 Å². The molecule has 4 heteroatoms. The van der Waals surface area contributed by atoms with Crippen molar-refractivity contribution >= 4 is 0 Å². The zero-order valence-electron chi connectivity index (χ0n) is 12.7. The van der Waals surface area contributed by atoms with E-state index in [0.717, 1.165) is 31.1 Å². The predicted molar refractivity (Wildman–Crippen MR) is 77.0 cm³/mol. The molecule has 1 atom stereocenters. The first-order valence-electron chi connectivity index (χ1n) is 7.53. The van der Waals surface area contributed by atoms with Gasteiger partial charge in [-0.05, 0) is 26.2 Å². The molecule has 4 nitrogen and oxygen atoms in total. The summed E-state index contributed by atoms with van der Waals surface area (Å²) in [6, 6.07) is 2.65. The number of nitrogens with zero attached hydrogens (tertiary/aromatic N) is 2. The highest BCUT2D eigenvalue weighted by Crippen LogP contribution is 2.25. The molecule has 1 unspecified atom stereocenters. The van der Waals surface area contributed by atoms with Gasteiger partial charge < -0.3 is 9.84 Å². The van der Waals surface area contributed by atoms with E-state index in [2.05, 4.69) is 36.1 Å². The van der Waals surface area contributed by atoms with E-state index in [1.165, 1.54) is 19.3 Å². The fourth-order valence-electron chi connectivity index (χ4n) is 3.05. The Morgan fingerprint density at radius 2 is 2.16 bits per heavy atom. The molecule has 0 radical (unpaired) electrons. The molecular formula is C15H27N3O. The van der Waals surface area contributed by atoms with Gasteiger partial charge >= 0.3 is 0 Å². The Balaban J connectivity index is 2.09. The Hall–Kier alpha value is -0.870. The summed E-state index contributed by atoms with van der Waals surface area (Å²) in [5.74, 6) is 0.899. The maximum absolute atomic E-state index is 5.19. The molecule has 1 saturated heterocycles. The molecule has 0 bridgehead atoms. The number of rotatable bonds is 5. The second-order valence-corrected chi connectivity index (χ2v) is 5.76. The number of aryl methyl sites for hydroxylation is 1. The molecule has 2 rings (SSSR count). The lowest BCUT2D eigenvalue weighted by molar-refractivity contribution is 0.0625. The van der Waals surface area contributed by atoms with Crippen LogP contribution >= 0.6 is 0 Å². The highest BCUT2D eigenvalue weighted by Gasteiger charge is 2.36. The molecule has 19 heavy (non-hydrogen) atoms. The van der Waals surface area contributed by atoms with Gasteiger partial charge in [0, 0.05) is 37.3 Å². The smallest absolute Gasteiger partial charge is 0.133 e. The number of piperazine rings is 1. The van der Waals surface area contributed by atoms with Crippen LogP contribution in [-0.4, -0.2) is 34.7 Å². The number of nitrogens with one attached hydrogen (secondary N) is 1. The maximum atomic E-state index is 5.19. The summed E-state index contributed by atoms with van der Waals surface area (Å²) in [5, 5.41) is 7.91. The first-order valence-corrected chi connectivity index (χ1v) is 7.53. The minimum Gasteiger partial charge on any atom is -0.361 e. The van der Waals surface area contributed by atoms with E-state index in [-0.39, 0.29) is 5.54 Å². The lowest BCUT2D eigenvalue weighted by Crippen LogP contribution is -2.63. The molecule has 0 saturated carbocycles. The van der Waals surface area contributed by atoms with Crippen molar-refractivity contribution < 1.29 is 4.52 Å². The fraction of sp³-hybridized carbons (Fsp3) is 0.800. The highest BCUT2D eigenvalue weighted by molar-refractivity contribution is 5.05. The van der Waals surface area contributed by atoms with Crippen LogP contribution in [-0.2, 0) is 6.54 Å². The molecule has 1 aromatic heterocycles. The van der Waals surface area contributed by atoms with Gasteiger partial charge in [0.2, 0.25) is 0 Å². The normalized spacial score (nSPS) is 23.7. The summed E-state index contributed by atoms with van der Waals surface area (Å²) < 4.78 is 5.19. The van der Waals surface area contributed by atoms with E-state index in [9.17, 15) is 0 Å². The Labute approximate surface area is 116 Å². The first kappa shape index (κ1) is 14.5. The monoisotopic (exact) mass is 265 g/mol. The van der Waals surface area contributed by atoms with Crippen molar-refractivity contribution in [1.29, 1.82) is 0 Å². The minimum absolute atomic E-state index is 0.268. The number of hydrogen-bond acceptors (Lipinski definition) is 4. The topological polar surface area (TPSA) is 41.3 Å². The van der Waals surface area contributed by atoms with Crippen LogP contribution in [0, 0.1) is 6.92 Å². The van der Waals surface area contributed by atoms with Crippen molar-refractivity contribution in [3.8, 4) is 0 Å². The van der Waals surface area contributed by atoms with Gasteiger partial charge in [0.1, 0.15) is 5.76 Å². The third kappa shape index (κ3) is 3.18. The van der Waals surface area contributed by atoms with E-state index < -0.39 is 0 Å². The quantitative estimate of drug-likeness (QED) is 0.889. The highest BCUT2D eigenvalue weighted by atomic mass is 16.5. The van der Waals surface area contributed by atoms with Crippen LogP contribution in [0.15, 0.2) is 10.6 Å². The third-order valence-electron chi connectivity index (χ3n) is 4.60. The van der Waals surface area contributed by atoms with Crippen LogP contribution in [0.2, 0.25) is 0 Å². The van der Waals surface area contributed by atoms with Gasteiger partial charge in [0.05, 0.1) is 5.69 Å². The summed E-state index contributed by atoms with van der Waals surface area (Å²) in [4.78, 5) is 2.57. The van der Waals surface area contributed by atoms with Gasteiger partial charge in [0.15, 0.2) is 0 Å². The standard InChI is InChI=1S/C15H27N3O/c1-5-14-9-16-15(6-2,7-3)11-18(14)10-13-8-12(4)19-17-13/h8,14,16H,5-7,9-11H2,1-4H3. The van der Waals surface area contributed by atoms with Gasteiger partial charge in [-0.2, -0.15) is 0 Å². The zero-order chi connectivity index (χ0) is 13.9. The molecule has 0 aliphatic carbocycles.